The molecule has 0 bridgehead atoms. The second kappa shape index (κ2) is 3.97. The fourth-order valence-electron chi connectivity index (χ4n) is 2.72. The highest BCUT2D eigenvalue weighted by atomic mass is 15.0. The summed E-state index contributed by atoms with van der Waals surface area (Å²) in [6.07, 6.45) is 8.01. The molecule has 0 aromatic carbocycles. The van der Waals surface area contributed by atoms with E-state index in [9.17, 15) is 0 Å². The van der Waals surface area contributed by atoms with Gasteiger partial charge in [-0.15, -0.1) is 0 Å². The van der Waals surface area contributed by atoms with Gasteiger partial charge in [0.2, 0.25) is 0 Å². The molecule has 2 saturated carbocycles. The Balaban J connectivity index is 1.69. The smallest absolute Gasteiger partial charge is 0.00991 e. The van der Waals surface area contributed by atoms with Crippen molar-refractivity contribution in [3.05, 3.63) is 0 Å². The van der Waals surface area contributed by atoms with Crippen LogP contribution in [0.2, 0.25) is 0 Å². The molecular formula is C11H22N2. The maximum Gasteiger partial charge on any atom is 0.00991 e. The standard InChI is InChI=1S/C11H22N2/c1-8-3-2-4-10(5-8)13-11-6-9(12)7-11/h8-11,13H,2-7,12H2,1H3. The van der Waals surface area contributed by atoms with E-state index in [1.54, 1.807) is 0 Å². The van der Waals surface area contributed by atoms with Crippen LogP contribution in [0.1, 0.15) is 45.4 Å². The fourth-order valence-corrected chi connectivity index (χ4v) is 2.72. The highest BCUT2D eigenvalue weighted by Crippen LogP contribution is 2.26. The van der Waals surface area contributed by atoms with Gasteiger partial charge in [-0.25, -0.2) is 0 Å². The van der Waals surface area contributed by atoms with Crippen LogP contribution in [0.15, 0.2) is 0 Å². The Hall–Kier alpha value is -0.0800. The van der Waals surface area contributed by atoms with Crippen LogP contribution in [0.4, 0.5) is 0 Å². The fraction of sp³-hybridized carbons (Fsp3) is 1.00. The summed E-state index contributed by atoms with van der Waals surface area (Å²) < 4.78 is 0. The lowest BCUT2D eigenvalue weighted by molar-refractivity contribution is 0.218. The molecule has 2 nitrogen and oxygen atoms in total. The third-order valence-corrected chi connectivity index (χ3v) is 3.58. The zero-order valence-electron chi connectivity index (χ0n) is 8.63. The van der Waals surface area contributed by atoms with Gasteiger partial charge in [0.15, 0.2) is 0 Å². The first-order valence-electron chi connectivity index (χ1n) is 5.75. The van der Waals surface area contributed by atoms with Crippen LogP contribution in [-0.2, 0) is 0 Å². The number of nitrogens with two attached hydrogens (primary N) is 1. The molecule has 13 heavy (non-hydrogen) atoms. The Bertz CT molecular complexity index is 163. The molecule has 2 fully saturated rings. The molecule has 2 atom stereocenters. The number of rotatable bonds is 2. The predicted octanol–water partition coefficient (Wildman–Crippen LogP) is 1.64. The first-order chi connectivity index (χ1) is 6.24. The second-order valence-electron chi connectivity index (χ2n) is 5.06. The van der Waals surface area contributed by atoms with E-state index in [0.29, 0.717) is 6.04 Å². The van der Waals surface area contributed by atoms with Gasteiger partial charge >= 0.3 is 0 Å². The lowest BCUT2D eigenvalue weighted by Gasteiger charge is -2.38. The van der Waals surface area contributed by atoms with E-state index >= 15 is 0 Å². The average Bonchev–Trinajstić information content (AvgIpc) is 2.01. The molecule has 3 N–H and O–H groups in total. The van der Waals surface area contributed by atoms with E-state index < -0.39 is 0 Å². The molecule has 2 unspecified atom stereocenters. The van der Waals surface area contributed by atoms with Crippen LogP contribution in [0.5, 0.6) is 0 Å². The van der Waals surface area contributed by atoms with Gasteiger partial charge in [0, 0.05) is 18.1 Å². The minimum Gasteiger partial charge on any atom is -0.328 e. The largest absolute Gasteiger partial charge is 0.328 e. The summed E-state index contributed by atoms with van der Waals surface area (Å²) >= 11 is 0. The summed E-state index contributed by atoms with van der Waals surface area (Å²) in [5.74, 6) is 0.931. The summed E-state index contributed by atoms with van der Waals surface area (Å²) in [5, 5.41) is 3.74. The Morgan fingerprint density at radius 3 is 2.46 bits per heavy atom. The van der Waals surface area contributed by atoms with Crippen LogP contribution in [0, 0.1) is 5.92 Å². The van der Waals surface area contributed by atoms with Gasteiger partial charge in [0.25, 0.3) is 0 Å². The van der Waals surface area contributed by atoms with Crippen LogP contribution in [0.25, 0.3) is 0 Å². The molecule has 2 rings (SSSR count). The molecule has 2 aliphatic rings. The van der Waals surface area contributed by atoms with Gasteiger partial charge in [-0.1, -0.05) is 19.8 Å². The van der Waals surface area contributed by atoms with Crippen molar-refractivity contribution in [2.75, 3.05) is 0 Å². The van der Waals surface area contributed by atoms with Crippen LogP contribution >= 0.6 is 0 Å². The van der Waals surface area contributed by atoms with Crippen molar-refractivity contribution >= 4 is 0 Å². The minimum absolute atomic E-state index is 0.485. The molecule has 0 spiro atoms. The number of nitrogens with one attached hydrogen (secondary N) is 1. The zero-order chi connectivity index (χ0) is 9.26. The van der Waals surface area contributed by atoms with E-state index in [-0.39, 0.29) is 0 Å². The molecule has 0 aromatic heterocycles. The highest BCUT2D eigenvalue weighted by Gasteiger charge is 2.29. The molecule has 0 amide bonds. The Labute approximate surface area is 81.3 Å². The van der Waals surface area contributed by atoms with Crippen molar-refractivity contribution in [1.29, 1.82) is 0 Å². The molecule has 0 saturated heterocycles. The summed E-state index contributed by atoms with van der Waals surface area (Å²) in [7, 11) is 0. The maximum atomic E-state index is 5.76. The molecule has 0 aliphatic heterocycles. The van der Waals surface area contributed by atoms with Gasteiger partial charge in [-0.2, -0.15) is 0 Å². The Morgan fingerprint density at radius 2 is 1.85 bits per heavy atom. The van der Waals surface area contributed by atoms with Crippen molar-refractivity contribution in [3.63, 3.8) is 0 Å². The Morgan fingerprint density at radius 1 is 1.08 bits per heavy atom. The highest BCUT2D eigenvalue weighted by molar-refractivity contribution is 4.90. The monoisotopic (exact) mass is 182 g/mol. The van der Waals surface area contributed by atoms with Crippen molar-refractivity contribution in [2.24, 2.45) is 11.7 Å². The topological polar surface area (TPSA) is 38.0 Å². The van der Waals surface area contributed by atoms with E-state index in [4.69, 9.17) is 5.73 Å². The first-order valence-corrected chi connectivity index (χ1v) is 5.75. The third-order valence-electron chi connectivity index (χ3n) is 3.58. The number of hydrogen-bond acceptors (Lipinski definition) is 2. The molecule has 2 heteroatoms. The molecule has 76 valence electrons. The molecule has 0 radical (unpaired) electrons. The third kappa shape index (κ3) is 2.44. The van der Waals surface area contributed by atoms with Gasteiger partial charge in [-0.05, 0) is 31.6 Å². The summed E-state index contributed by atoms with van der Waals surface area (Å²) in [6, 6.07) is 2.02. The summed E-state index contributed by atoms with van der Waals surface area (Å²) in [4.78, 5) is 0. The van der Waals surface area contributed by atoms with E-state index in [1.165, 1.54) is 38.5 Å². The Kier molecular flexibility index (Phi) is 2.89. The lowest BCUT2D eigenvalue weighted by atomic mass is 9.83. The van der Waals surface area contributed by atoms with Crippen molar-refractivity contribution in [1.82, 2.24) is 5.32 Å². The van der Waals surface area contributed by atoms with E-state index in [0.717, 1.165) is 18.0 Å². The quantitative estimate of drug-likeness (QED) is 0.681. The van der Waals surface area contributed by atoms with E-state index in [1.807, 2.05) is 0 Å². The van der Waals surface area contributed by atoms with Gasteiger partial charge in [-0.3, -0.25) is 0 Å². The maximum absolute atomic E-state index is 5.76. The molecular weight excluding hydrogens is 160 g/mol. The van der Waals surface area contributed by atoms with Gasteiger partial charge in [0.1, 0.15) is 0 Å². The van der Waals surface area contributed by atoms with Crippen molar-refractivity contribution < 1.29 is 0 Å². The number of hydrogen-bond donors (Lipinski definition) is 2. The van der Waals surface area contributed by atoms with Gasteiger partial charge in [0.05, 0.1) is 0 Å². The van der Waals surface area contributed by atoms with Crippen LogP contribution in [0.3, 0.4) is 0 Å². The van der Waals surface area contributed by atoms with Gasteiger partial charge < -0.3 is 11.1 Å². The summed E-state index contributed by atoms with van der Waals surface area (Å²) in [5.41, 5.74) is 5.76. The van der Waals surface area contributed by atoms with Crippen molar-refractivity contribution in [2.45, 2.75) is 63.6 Å². The van der Waals surface area contributed by atoms with Crippen molar-refractivity contribution in [3.8, 4) is 0 Å². The second-order valence-corrected chi connectivity index (χ2v) is 5.06. The average molecular weight is 182 g/mol. The van der Waals surface area contributed by atoms with Crippen LogP contribution in [-0.4, -0.2) is 18.1 Å². The molecule has 2 aliphatic carbocycles. The zero-order valence-corrected chi connectivity index (χ0v) is 8.63. The SMILES string of the molecule is CC1CCCC(NC2CC(N)C2)C1. The minimum atomic E-state index is 0.485. The molecule has 0 heterocycles. The lowest BCUT2D eigenvalue weighted by Crippen LogP contribution is -2.52. The van der Waals surface area contributed by atoms with E-state index in [2.05, 4.69) is 12.2 Å². The predicted molar refractivity (Wildman–Crippen MR) is 55.6 cm³/mol. The molecule has 0 aromatic rings. The summed E-state index contributed by atoms with van der Waals surface area (Å²) in [6.45, 7) is 2.38. The normalized spacial score (nSPS) is 45.7. The van der Waals surface area contributed by atoms with Crippen LogP contribution < -0.4 is 11.1 Å². The first kappa shape index (κ1) is 9.47.